The lowest BCUT2D eigenvalue weighted by atomic mass is 9.99. The van der Waals surface area contributed by atoms with E-state index in [1.165, 1.54) is 0 Å². The number of nitrogens with zero attached hydrogens (tertiary/aromatic N) is 5. The van der Waals surface area contributed by atoms with Crippen LogP contribution >= 0.6 is 0 Å². The Kier molecular flexibility index (Phi) is 6.91. The molecule has 0 radical (unpaired) electrons. The first-order valence-corrected chi connectivity index (χ1v) is 17.5. The Balaban J connectivity index is 1.22. The monoisotopic (exact) mass is 658 g/mol. The molecule has 0 saturated carbocycles. The molecule has 3 atom stereocenters. The van der Waals surface area contributed by atoms with Crippen molar-refractivity contribution in [2.45, 2.75) is 18.2 Å². The molecule has 1 N–H and O–H groups in total. The highest BCUT2D eigenvalue weighted by Crippen LogP contribution is 2.47. The smallest absolute Gasteiger partial charge is 0.145 e. The molecular formula is C45H34N6. The average Bonchev–Trinajstić information content (AvgIpc) is 3.91. The minimum atomic E-state index is -0.174. The van der Waals surface area contributed by atoms with Crippen molar-refractivity contribution < 1.29 is 0 Å². The quantitative estimate of drug-likeness (QED) is 0.193. The third kappa shape index (κ3) is 4.95. The number of rotatable bonds is 6. The van der Waals surface area contributed by atoms with E-state index in [2.05, 4.69) is 202 Å². The van der Waals surface area contributed by atoms with E-state index in [4.69, 9.17) is 9.98 Å². The first kappa shape index (κ1) is 29.3. The molecule has 51 heavy (non-hydrogen) atoms. The van der Waals surface area contributed by atoms with Crippen molar-refractivity contribution in [1.82, 2.24) is 9.55 Å². The molecule has 6 aromatic carbocycles. The molecule has 244 valence electrons. The molecule has 7 aromatic rings. The number of fused-ring (bicyclic) bond motifs is 3. The summed E-state index contributed by atoms with van der Waals surface area (Å²) in [6.45, 7) is 0. The van der Waals surface area contributed by atoms with Gasteiger partial charge in [0.2, 0.25) is 0 Å². The van der Waals surface area contributed by atoms with Crippen molar-refractivity contribution in [3.05, 3.63) is 193 Å². The molecule has 0 saturated heterocycles. The standard InChI is InChI=1S/C45H34N6/c1-4-16-34(17-5-1)49-40-25-13-10-22-37(40)46-43(49)31-28-32(44-47-38-23-11-14-26-41(38)50(44)35-18-6-2-7-19-35)30-33(29-31)45-48-39-24-12-15-27-42(39)51(45)36-20-8-3-9-21-36/h1-30,37,40,44,47H. The highest BCUT2D eigenvalue weighted by Gasteiger charge is 2.37. The zero-order chi connectivity index (χ0) is 33.7. The van der Waals surface area contributed by atoms with Gasteiger partial charge in [0.15, 0.2) is 0 Å². The van der Waals surface area contributed by atoms with Gasteiger partial charge in [0, 0.05) is 28.2 Å². The maximum absolute atomic E-state index is 5.42. The molecular weight excluding hydrogens is 625 g/mol. The SMILES string of the molecule is C1=CC2N=C(c3cc(-c4nc5ccccc5n4-c4ccccc4)cc(C4Nc5ccccc5N4c4ccccc4)c3)N(c3ccccc3)C2C=C1. The summed E-state index contributed by atoms with van der Waals surface area (Å²) in [4.78, 5) is 15.5. The first-order chi connectivity index (χ1) is 25.3. The summed E-state index contributed by atoms with van der Waals surface area (Å²) in [6, 6.07) is 55.7. The highest BCUT2D eigenvalue weighted by molar-refractivity contribution is 6.13. The number of para-hydroxylation sites is 7. The zero-order valence-electron chi connectivity index (χ0n) is 27.8. The van der Waals surface area contributed by atoms with Crippen LogP contribution in [0.1, 0.15) is 17.3 Å². The Morgan fingerprint density at radius 3 is 1.96 bits per heavy atom. The summed E-state index contributed by atoms with van der Waals surface area (Å²) in [5, 5.41) is 3.88. The van der Waals surface area contributed by atoms with Crippen LogP contribution in [0.4, 0.5) is 22.7 Å². The van der Waals surface area contributed by atoms with E-state index in [1.54, 1.807) is 0 Å². The Labute approximate surface area is 297 Å². The number of amidine groups is 1. The highest BCUT2D eigenvalue weighted by atomic mass is 15.3. The predicted octanol–water partition coefficient (Wildman–Crippen LogP) is 10.1. The van der Waals surface area contributed by atoms with Crippen LogP contribution in [-0.4, -0.2) is 27.5 Å². The number of imidazole rings is 1. The van der Waals surface area contributed by atoms with Crippen molar-refractivity contribution in [2.75, 3.05) is 15.1 Å². The minimum absolute atomic E-state index is 0.0147. The molecule has 6 heteroatoms. The molecule has 0 fully saturated rings. The lowest BCUT2D eigenvalue weighted by Gasteiger charge is -2.30. The van der Waals surface area contributed by atoms with Crippen LogP contribution in [0.2, 0.25) is 0 Å². The Bertz CT molecular complexity index is 2480. The molecule has 3 heterocycles. The van der Waals surface area contributed by atoms with Gasteiger partial charge in [-0.2, -0.15) is 0 Å². The van der Waals surface area contributed by atoms with Gasteiger partial charge in [-0.15, -0.1) is 0 Å². The lowest BCUT2D eigenvalue weighted by Crippen LogP contribution is -2.39. The molecule has 0 bridgehead atoms. The average molecular weight is 659 g/mol. The lowest BCUT2D eigenvalue weighted by molar-refractivity contribution is 0.739. The summed E-state index contributed by atoms with van der Waals surface area (Å²) in [6.07, 6.45) is 8.54. The number of nitrogens with one attached hydrogen (secondary N) is 1. The van der Waals surface area contributed by atoms with Gasteiger partial charge in [-0.3, -0.25) is 9.56 Å². The summed E-state index contributed by atoms with van der Waals surface area (Å²) in [5.41, 5.74) is 10.7. The summed E-state index contributed by atoms with van der Waals surface area (Å²) >= 11 is 0. The van der Waals surface area contributed by atoms with Gasteiger partial charge in [0.1, 0.15) is 17.8 Å². The third-order valence-corrected chi connectivity index (χ3v) is 10.0. The summed E-state index contributed by atoms with van der Waals surface area (Å²) < 4.78 is 2.28. The zero-order valence-corrected chi connectivity index (χ0v) is 27.8. The van der Waals surface area contributed by atoms with Crippen molar-refractivity contribution in [2.24, 2.45) is 4.99 Å². The predicted molar refractivity (Wildman–Crippen MR) is 209 cm³/mol. The number of aliphatic imine (C=N–C) groups is 1. The van der Waals surface area contributed by atoms with E-state index < -0.39 is 0 Å². The van der Waals surface area contributed by atoms with Crippen molar-refractivity contribution in [3.8, 4) is 17.1 Å². The summed E-state index contributed by atoms with van der Waals surface area (Å²) in [5.74, 6) is 1.83. The van der Waals surface area contributed by atoms with Crippen molar-refractivity contribution >= 4 is 39.6 Å². The molecule has 10 rings (SSSR count). The van der Waals surface area contributed by atoms with Gasteiger partial charge < -0.3 is 15.1 Å². The molecule has 0 amide bonds. The van der Waals surface area contributed by atoms with Crippen LogP contribution in [0.25, 0.3) is 28.1 Å². The molecule has 0 spiro atoms. The van der Waals surface area contributed by atoms with E-state index in [0.29, 0.717) is 0 Å². The van der Waals surface area contributed by atoms with Gasteiger partial charge in [-0.25, -0.2) is 4.98 Å². The first-order valence-electron chi connectivity index (χ1n) is 17.5. The fourth-order valence-corrected chi connectivity index (χ4v) is 7.77. The van der Waals surface area contributed by atoms with Crippen molar-refractivity contribution in [3.63, 3.8) is 0 Å². The van der Waals surface area contributed by atoms with Gasteiger partial charge in [-0.1, -0.05) is 103 Å². The fraction of sp³-hybridized carbons (Fsp3) is 0.0667. The number of hydrogen-bond acceptors (Lipinski definition) is 5. The maximum Gasteiger partial charge on any atom is 0.145 e. The second kappa shape index (κ2) is 12.0. The van der Waals surface area contributed by atoms with Crippen LogP contribution in [0, 0.1) is 0 Å². The minimum Gasteiger partial charge on any atom is -0.359 e. The molecule has 3 aliphatic rings. The molecule has 1 aliphatic carbocycles. The normalized spacial score (nSPS) is 18.8. The number of anilines is 4. The molecule has 2 aliphatic heterocycles. The maximum atomic E-state index is 5.42. The molecule has 3 unspecified atom stereocenters. The Morgan fingerprint density at radius 1 is 0.549 bits per heavy atom. The molecule has 1 aromatic heterocycles. The van der Waals surface area contributed by atoms with Gasteiger partial charge in [-0.05, 0) is 84.4 Å². The second-order valence-corrected chi connectivity index (χ2v) is 13.1. The molecule has 6 nitrogen and oxygen atoms in total. The van der Waals surface area contributed by atoms with E-state index in [-0.39, 0.29) is 18.2 Å². The Hall–Kier alpha value is -6.66. The van der Waals surface area contributed by atoms with Crippen molar-refractivity contribution in [1.29, 1.82) is 0 Å². The van der Waals surface area contributed by atoms with Gasteiger partial charge >= 0.3 is 0 Å². The number of aromatic nitrogens is 2. The van der Waals surface area contributed by atoms with E-state index >= 15 is 0 Å². The van der Waals surface area contributed by atoms with Crippen LogP contribution in [0.5, 0.6) is 0 Å². The number of hydrogen-bond donors (Lipinski definition) is 1. The van der Waals surface area contributed by atoms with Crippen LogP contribution in [0.15, 0.2) is 187 Å². The largest absolute Gasteiger partial charge is 0.359 e. The van der Waals surface area contributed by atoms with Crippen LogP contribution in [-0.2, 0) is 0 Å². The Morgan fingerprint density at radius 2 is 1.18 bits per heavy atom. The van der Waals surface area contributed by atoms with Crippen LogP contribution in [0.3, 0.4) is 0 Å². The van der Waals surface area contributed by atoms with Gasteiger partial charge in [0.25, 0.3) is 0 Å². The topological polar surface area (TPSA) is 48.7 Å². The van der Waals surface area contributed by atoms with E-state index in [1.807, 2.05) is 0 Å². The fourth-order valence-electron chi connectivity index (χ4n) is 7.77. The number of allylic oxidation sites excluding steroid dienone is 2. The number of benzene rings is 6. The van der Waals surface area contributed by atoms with Crippen LogP contribution < -0.4 is 15.1 Å². The van der Waals surface area contributed by atoms with E-state index in [9.17, 15) is 0 Å². The van der Waals surface area contributed by atoms with E-state index in [0.717, 1.165) is 67.8 Å². The second-order valence-electron chi connectivity index (χ2n) is 13.1. The summed E-state index contributed by atoms with van der Waals surface area (Å²) in [7, 11) is 0. The van der Waals surface area contributed by atoms with Gasteiger partial charge in [0.05, 0.1) is 34.5 Å². The third-order valence-electron chi connectivity index (χ3n) is 10.0.